The van der Waals surface area contributed by atoms with E-state index in [0.29, 0.717) is 29.5 Å². The lowest BCUT2D eigenvalue weighted by Crippen LogP contribution is -2.43. The van der Waals surface area contributed by atoms with Crippen LogP contribution in [0.1, 0.15) is 24.1 Å². The summed E-state index contributed by atoms with van der Waals surface area (Å²) in [6, 6.07) is 7.15. The van der Waals surface area contributed by atoms with Crippen LogP contribution in [-0.4, -0.2) is 40.4 Å². The Morgan fingerprint density at radius 1 is 1.30 bits per heavy atom. The molecule has 3 aromatic rings. The van der Waals surface area contributed by atoms with E-state index in [9.17, 15) is 9.59 Å². The van der Waals surface area contributed by atoms with Gasteiger partial charge in [0.1, 0.15) is 0 Å². The van der Waals surface area contributed by atoms with Gasteiger partial charge >= 0.3 is 0 Å². The molecule has 0 saturated carbocycles. The predicted molar refractivity (Wildman–Crippen MR) is 111 cm³/mol. The molecule has 1 fully saturated rings. The van der Waals surface area contributed by atoms with Crippen LogP contribution in [0.3, 0.4) is 0 Å². The van der Waals surface area contributed by atoms with E-state index < -0.39 is 0 Å². The quantitative estimate of drug-likeness (QED) is 0.677. The number of anilines is 1. The molecule has 1 amide bonds. The van der Waals surface area contributed by atoms with Crippen LogP contribution in [0, 0.1) is 12.8 Å². The summed E-state index contributed by atoms with van der Waals surface area (Å²) < 4.78 is 12.0. The molecule has 1 aromatic carbocycles. The van der Waals surface area contributed by atoms with Crippen molar-refractivity contribution in [2.24, 2.45) is 5.92 Å². The van der Waals surface area contributed by atoms with Gasteiger partial charge in [0.15, 0.2) is 11.5 Å². The number of rotatable bonds is 4. The largest absolute Gasteiger partial charge is 0.454 e. The zero-order valence-corrected chi connectivity index (χ0v) is 17.3. The van der Waals surface area contributed by atoms with Gasteiger partial charge in [-0.3, -0.25) is 9.59 Å². The molecule has 0 unspecified atom stereocenters. The smallest absolute Gasteiger partial charge is 0.275 e. The summed E-state index contributed by atoms with van der Waals surface area (Å²) in [5.74, 6) is 1.32. The van der Waals surface area contributed by atoms with Gasteiger partial charge in [-0.2, -0.15) is 4.52 Å². The number of amides is 1. The first-order valence-electron chi connectivity index (χ1n) is 9.85. The number of aryl methyl sites for hydroxylation is 1. The van der Waals surface area contributed by atoms with Crippen molar-refractivity contribution in [2.45, 2.75) is 26.3 Å². The van der Waals surface area contributed by atoms with E-state index in [2.05, 4.69) is 20.3 Å². The highest BCUT2D eigenvalue weighted by Gasteiger charge is 2.28. The van der Waals surface area contributed by atoms with Crippen molar-refractivity contribution in [2.75, 3.05) is 24.8 Å². The molecule has 2 aliphatic heterocycles. The van der Waals surface area contributed by atoms with Gasteiger partial charge in [0.05, 0.1) is 5.92 Å². The Morgan fingerprint density at radius 2 is 2.17 bits per heavy atom. The molecular formula is C20H21N5O4S. The van der Waals surface area contributed by atoms with Crippen molar-refractivity contribution in [1.82, 2.24) is 19.9 Å². The first-order valence-corrected chi connectivity index (χ1v) is 10.7. The van der Waals surface area contributed by atoms with E-state index >= 15 is 0 Å². The number of fused-ring (bicyclic) bond motifs is 2. The number of piperidine rings is 1. The topological polar surface area (TPSA) is 98.1 Å². The third-order valence-electron chi connectivity index (χ3n) is 5.33. The fourth-order valence-corrected chi connectivity index (χ4v) is 4.78. The number of carbonyl (C=O) groups is 1. The highest BCUT2D eigenvalue weighted by atomic mass is 32.1. The molecular weight excluding hydrogens is 406 g/mol. The van der Waals surface area contributed by atoms with E-state index in [1.165, 1.54) is 21.9 Å². The molecule has 0 spiro atoms. The first-order chi connectivity index (χ1) is 14.6. The average Bonchev–Trinajstić information content (AvgIpc) is 3.38. The fourth-order valence-electron chi connectivity index (χ4n) is 3.79. The third-order valence-corrected chi connectivity index (χ3v) is 6.30. The lowest BCUT2D eigenvalue weighted by molar-refractivity contribution is -0.125. The number of benzene rings is 1. The van der Waals surface area contributed by atoms with Gasteiger partial charge in [-0.1, -0.05) is 17.4 Å². The van der Waals surface area contributed by atoms with E-state index in [0.717, 1.165) is 35.8 Å². The average molecular weight is 427 g/mol. The molecule has 156 valence electrons. The zero-order chi connectivity index (χ0) is 20.7. The third kappa shape index (κ3) is 3.58. The van der Waals surface area contributed by atoms with Crippen molar-refractivity contribution in [3.63, 3.8) is 0 Å². The Kier molecular flexibility index (Phi) is 4.78. The zero-order valence-electron chi connectivity index (χ0n) is 16.5. The number of hydrogen-bond donors (Lipinski definition) is 1. The second kappa shape index (κ2) is 7.60. The minimum atomic E-state index is -0.185. The lowest BCUT2D eigenvalue weighted by atomic mass is 9.97. The molecule has 10 heteroatoms. The Hall–Kier alpha value is -3.14. The molecule has 30 heavy (non-hydrogen) atoms. The standard InChI is InChI=1S/C20H21N5O4S/c1-12-7-17(26)25-19(22-12)30-20(23-25)24-6-2-3-14(10-24)18(27)21-9-13-4-5-15-16(8-13)29-11-28-15/h4-5,7-8,14H,2-3,6,9-11H2,1H3,(H,21,27)/t14-/m0/s1. The van der Waals surface area contributed by atoms with Crippen LogP contribution in [-0.2, 0) is 11.3 Å². The monoisotopic (exact) mass is 427 g/mol. The van der Waals surface area contributed by atoms with Crippen LogP contribution in [0.2, 0.25) is 0 Å². The maximum atomic E-state index is 12.8. The normalized spacial score (nSPS) is 18.0. The molecule has 9 nitrogen and oxygen atoms in total. The lowest BCUT2D eigenvalue weighted by Gasteiger charge is -2.31. The summed E-state index contributed by atoms with van der Waals surface area (Å²) in [7, 11) is 0. The summed E-state index contributed by atoms with van der Waals surface area (Å²) >= 11 is 1.38. The highest BCUT2D eigenvalue weighted by molar-refractivity contribution is 7.20. The van der Waals surface area contributed by atoms with Crippen molar-refractivity contribution in [3.05, 3.63) is 45.9 Å². The number of hydrogen-bond acceptors (Lipinski definition) is 8. The SMILES string of the molecule is Cc1cc(=O)n2nc(N3CCC[C@H](C(=O)NCc4ccc5c(c4)OCO5)C3)sc2n1. The Labute approximate surface area is 176 Å². The second-order valence-electron chi connectivity index (χ2n) is 7.51. The van der Waals surface area contributed by atoms with Crippen molar-refractivity contribution < 1.29 is 14.3 Å². The molecule has 5 rings (SSSR count). The van der Waals surface area contributed by atoms with Gasteiger partial charge in [0.25, 0.3) is 5.56 Å². The van der Waals surface area contributed by atoms with Gasteiger partial charge in [-0.05, 0) is 37.5 Å². The fraction of sp³-hybridized carbons (Fsp3) is 0.400. The number of nitrogens with one attached hydrogen (secondary N) is 1. The number of aromatic nitrogens is 3. The molecule has 4 heterocycles. The minimum absolute atomic E-state index is 0.0182. The van der Waals surface area contributed by atoms with Crippen molar-refractivity contribution in [3.8, 4) is 11.5 Å². The molecule has 1 atom stereocenters. The summed E-state index contributed by atoms with van der Waals surface area (Å²) in [5, 5.41) is 8.18. The van der Waals surface area contributed by atoms with Crippen LogP contribution in [0.4, 0.5) is 5.13 Å². The molecule has 0 aliphatic carbocycles. The van der Waals surface area contributed by atoms with Crippen molar-refractivity contribution in [1.29, 1.82) is 0 Å². The Morgan fingerprint density at radius 3 is 3.07 bits per heavy atom. The molecule has 1 saturated heterocycles. The maximum absolute atomic E-state index is 12.8. The Balaban J connectivity index is 1.25. The predicted octanol–water partition coefficient (Wildman–Crippen LogP) is 1.72. The van der Waals surface area contributed by atoms with Gasteiger partial charge in [-0.15, -0.1) is 5.10 Å². The molecule has 0 radical (unpaired) electrons. The van der Waals surface area contributed by atoms with Gasteiger partial charge < -0.3 is 19.7 Å². The summed E-state index contributed by atoms with van der Waals surface area (Å²) in [5.41, 5.74) is 1.46. The molecule has 2 aliphatic rings. The maximum Gasteiger partial charge on any atom is 0.275 e. The van der Waals surface area contributed by atoms with Gasteiger partial charge in [-0.25, -0.2) is 4.98 Å². The van der Waals surface area contributed by atoms with Gasteiger partial charge in [0.2, 0.25) is 22.8 Å². The van der Waals surface area contributed by atoms with E-state index in [4.69, 9.17) is 9.47 Å². The highest BCUT2D eigenvalue weighted by Crippen LogP contribution is 2.32. The van der Waals surface area contributed by atoms with E-state index in [1.54, 1.807) is 6.92 Å². The van der Waals surface area contributed by atoms with Crippen LogP contribution in [0.15, 0.2) is 29.1 Å². The van der Waals surface area contributed by atoms with Crippen LogP contribution in [0.25, 0.3) is 4.96 Å². The molecule has 0 bridgehead atoms. The van der Waals surface area contributed by atoms with E-state index in [1.807, 2.05) is 18.2 Å². The molecule has 2 aromatic heterocycles. The first kappa shape index (κ1) is 18.9. The van der Waals surface area contributed by atoms with E-state index in [-0.39, 0.29) is 24.2 Å². The summed E-state index contributed by atoms with van der Waals surface area (Å²) in [6.45, 7) is 3.84. The number of carbonyl (C=O) groups excluding carboxylic acids is 1. The van der Waals surface area contributed by atoms with Crippen LogP contribution in [0.5, 0.6) is 11.5 Å². The second-order valence-corrected chi connectivity index (χ2v) is 8.44. The van der Waals surface area contributed by atoms with Gasteiger partial charge in [0, 0.05) is 31.4 Å². The summed E-state index contributed by atoms with van der Waals surface area (Å²) in [6.07, 6.45) is 1.71. The van der Waals surface area contributed by atoms with Crippen LogP contribution < -0.4 is 25.2 Å². The van der Waals surface area contributed by atoms with Crippen molar-refractivity contribution >= 4 is 27.3 Å². The molecule has 1 N–H and O–H groups in total. The minimum Gasteiger partial charge on any atom is -0.454 e. The summed E-state index contributed by atoms with van der Waals surface area (Å²) in [4.78, 5) is 31.9. The Bertz CT molecular complexity index is 1170. The number of ether oxygens (including phenoxy) is 2. The van der Waals surface area contributed by atoms with Crippen LogP contribution >= 0.6 is 11.3 Å². The number of nitrogens with zero attached hydrogens (tertiary/aromatic N) is 4.